The zero-order valence-corrected chi connectivity index (χ0v) is 14.5. The van der Waals surface area contributed by atoms with Crippen LogP contribution in [0.1, 0.15) is 52.9 Å². The molecule has 0 heterocycles. The van der Waals surface area contributed by atoms with Crippen molar-refractivity contribution in [2.45, 2.75) is 65.2 Å². The van der Waals surface area contributed by atoms with Gasteiger partial charge in [0.15, 0.2) is 0 Å². The second-order valence-corrected chi connectivity index (χ2v) is 5.26. The molecule has 24 heavy (non-hydrogen) atoms. The van der Waals surface area contributed by atoms with Crippen LogP contribution in [-0.4, -0.2) is 23.7 Å². The standard InChI is InChI=1S/C15H20F3NO3.C2H6/c1-3-13(15(16,17)18)14(5-4-10-19(20)21)22-12-8-6-11(2)7-9-12;1-2/h3,6,12H,1,4-5,7-10H2,2H3;1-2H3/b14-13-;. The van der Waals surface area contributed by atoms with Gasteiger partial charge in [-0.15, -0.1) is 0 Å². The van der Waals surface area contributed by atoms with Gasteiger partial charge >= 0.3 is 6.18 Å². The van der Waals surface area contributed by atoms with E-state index in [1.165, 1.54) is 5.57 Å². The predicted octanol–water partition coefficient (Wildman–Crippen LogP) is 5.59. The lowest BCUT2D eigenvalue weighted by Crippen LogP contribution is -2.20. The maximum absolute atomic E-state index is 13.0. The van der Waals surface area contributed by atoms with Crippen LogP contribution in [-0.2, 0) is 4.74 Å². The number of hydrogen-bond acceptors (Lipinski definition) is 3. The highest BCUT2D eigenvalue weighted by Gasteiger charge is 2.35. The molecule has 0 aromatic carbocycles. The molecule has 1 aliphatic rings. The first-order valence-corrected chi connectivity index (χ1v) is 8.11. The number of ether oxygens (including phenoxy) is 1. The van der Waals surface area contributed by atoms with Gasteiger partial charge < -0.3 is 4.74 Å². The summed E-state index contributed by atoms with van der Waals surface area (Å²) in [4.78, 5) is 9.79. The van der Waals surface area contributed by atoms with Gasteiger partial charge in [-0.3, -0.25) is 10.1 Å². The average Bonchev–Trinajstić information content (AvgIpc) is 2.50. The van der Waals surface area contributed by atoms with Crippen molar-refractivity contribution in [2.24, 2.45) is 0 Å². The van der Waals surface area contributed by atoms with Gasteiger partial charge in [-0.25, -0.2) is 0 Å². The zero-order valence-electron chi connectivity index (χ0n) is 14.5. The Bertz CT molecular complexity index is 482. The summed E-state index contributed by atoms with van der Waals surface area (Å²) in [6, 6.07) is 0. The van der Waals surface area contributed by atoms with E-state index in [9.17, 15) is 23.3 Å². The summed E-state index contributed by atoms with van der Waals surface area (Å²) in [5.74, 6) is -0.248. The molecule has 7 heteroatoms. The van der Waals surface area contributed by atoms with Crippen molar-refractivity contribution in [3.05, 3.63) is 45.8 Å². The Hall–Kier alpha value is -1.79. The van der Waals surface area contributed by atoms with Gasteiger partial charge in [-0.2, -0.15) is 13.2 Å². The first-order valence-electron chi connectivity index (χ1n) is 8.11. The normalized spacial score (nSPS) is 18.6. The van der Waals surface area contributed by atoms with E-state index >= 15 is 0 Å². The highest BCUT2D eigenvalue weighted by atomic mass is 19.4. The number of halogens is 3. The van der Waals surface area contributed by atoms with E-state index in [-0.39, 0.29) is 24.7 Å². The molecule has 4 nitrogen and oxygen atoms in total. The maximum atomic E-state index is 13.0. The molecule has 0 aliphatic heterocycles. The predicted molar refractivity (Wildman–Crippen MR) is 88.2 cm³/mol. The van der Waals surface area contributed by atoms with E-state index < -0.39 is 23.2 Å². The summed E-state index contributed by atoms with van der Waals surface area (Å²) in [5, 5.41) is 10.3. The fourth-order valence-electron chi connectivity index (χ4n) is 2.26. The molecule has 1 aliphatic carbocycles. The van der Waals surface area contributed by atoms with Gasteiger partial charge in [0.1, 0.15) is 11.9 Å². The van der Waals surface area contributed by atoms with Crippen LogP contribution in [0.4, 0.5) is 13.2 Å². The van der Waals surface area contributed by atoms with Crippen molar-refractivity contribution in [3.63, 3.8) is 0 Å². The van der Waals surface area contributed by atoms with E-state index in [0.717, 1.165) is 6.42 Å². The molecule has 0 aromatic rings. The Balaban J connectivity index is 0.00000254. The smallest absolute Gasteiger partial charge is 0.419 e. The van der Waals surface area contributed by atoms with Gasteiger partial charge in [0, 0.05) is 24.2 Å². The first-order chi connectivity index (χ1) is 11.2. The Labute approximate surface area is 141 Å². The Morgan fingerprint density at radius 3 is 2.54 bits per heavy atom. The van der Waals surface area contributed by atoms with E-state index in [2.05, 4.69) is 6.58 Å². The quantitative estimate of drug-likeness (QED) is 0.198. The third-order valence-corrected chi connectivity index (χ3v) is 3.45. The lowest BCUT2D eigenvalue weighted by Gasteiger charge is -2.25. The van der Waals surface area contributed by atoms with Crippen LogP contribution in [0.5, 0.6) is 0 Å². The minimum absolute atomic E-state index is 0.00264. The lowest BCUT2D eigenvalue weighted by atomic mass is 9.98. The van der Waals surface area contributed by atoms with E-state index in [1.807, 2.05) is 26.8 Å². The highest BCUT2D eigenvalue weighted by molar-refractivity contribution is 5.26. The van der Waals surface area contributed by atoms with Gasteiger partial charge in [0.25, 0.3) is 0 Å². The molecule has 0 saturated heterocycles. The highest BCUT2D eigenvalue weighted by Crippen LogP contribution is 2.33. The molecule has 1 atom stereocenters. The summed E-state index contributed by atoms with van der Waals surface area (Å²) in [6.07, 6.45) is -0.398. The SMILES string of the molecule is C=C/C(=C(\CCC[N+](=O)[O-])OC1CC=C(C)CC1)C(F)(F)F.CC. The largest absolute Gasteiger partial charge is 0.494 e. The summed E-state index contributed by atoms with van der Waals surface area (Å²) in [6.45, 7) is 8.77. The molecule has 0 bridgehead atoms. The van der Waals surface area contributed by atoms with E-state index in [1.54, 1.807) is 0 Å². The topological polar surface area (TPSA) is 52.4 Å². The van der Waals surface area contributed by atoms with Crippen LogP contribution in [0, 0.1) is 10.1 Å². The molecule has 0 radical (unpaired) electrons. The lowest BCUT2D eigenvalue weighted by molar-refractivity contribution is -0.480. The summed E-state index contributed by atoms with van der Waals surface area (Å²) >= 11 is 0. The van der Waals surface area contributed by atoms with Gasteiger partial charge in [0.2, 0.25) is 6.54 Å². The molecular weight excluding hydrogens is 323 g/mol. The molecule has 1 rings (SSSR count). The van der Waals surface area contributed by atoms with Gasteiger partial charge in [0.05, 0.1) is 5.57 Å². The Kier molecular flexibility index (Phi) is 10.1. The van der Waals surface area contributed by atoms with Crippen molar-refractivity contribution in [1.82, 2.24) is 0 Å². The molecule has 1 unspecified atom stereocenters. The van der Waals surface area contributed by atoms with Crippen molar-refractivity contribution in [1.29, 1.82) is 0 Å². The zero-order chi connectivity index (χ0) is 18.8. The van der Waals surface area contributed by atoms with Crippen LogP contribution in [0.3, 0.4) is 0 Å². The molecule has 0 N–H and O–H groups in total. The van der Waals surface area contributed by atoms with Gasteiger partial charge in [-0.1, -0.05) is 38.2 Å². The van der Waals surface area contributed by atoms with Crippen molar-refractivity contribution in [3.8, 4) is 0 Å². The maximum Gasteiger partial charge on any atom is 0.419 e. The third-order valence-electron chi connectivity index (χ3n) is 3.45. The molecular formula is C17H26F3NO3. The number of rotatable bonds is 7. The van der Waals surface area contributed by atoms with Crippen LogP contribution >= 0.6 is 0 Å². The minimum atomic E-state index is -4.58. The average molecular weight is 349 g/mol. The van der Waals surface area contributed by atoms with Gasteiger partial charge in [-0.05, 0) is 19.8 Å². The Morgan fingerprint density at radius 2 is 2.12 bits per heavy atom. The monoisotopic (exact) mass is 349 g/mol. The molecule has 0 spiro atoms. The summed E-state index contributed by atoms with van der Waals surface area (Å²) in [5.41, 5.74) is 0.251. The van der Waals surface area contributed by atoms with Crippen molar-refractivity contribution >= 4 is 0 Å². The Morgan fingerprint density at radius 1 is 1.50 bits per heavy atom. The number of nitro groups is 1. The second-order valence-electron chi connectivity index (χ2n) is 5.26. The number of hydrogen-bond donors (Lipinski definition) is 0. The number of allylic oxidation sites excluding steroid dienone is 4. The van der Waals surface area contributed by atoms with Crippen LogP contribution < -0.4 is 0 Å². The molecule has 0 saturated carbocycles. The van der Waals surface area contributed by atoms with Crippen LogP contribution in [0.2, 0.25) is 0 Å². The summed E-state index contributed by atoms with van der Waals surface area (Å²) in [7, 11) is 0. The van der Waals surface area contributed by atoms with Crippen molar-refractivity contribution in [2.75, 3.05) is 6.54 Å². The van der Waals surface area contributed by atoms with Crippen LogP contribution in [0.15, 0.2) is 35.6 Å². The fourth-order valence-corrected chi connectivity index (χ4v) is 2.26. The number of nitrogens with zero attached hydrogens (tertiary/aromatic N) is 1. The molecule has 0 amide bonds. The fraction of sp³-hybridized carbons (Fsp3) is 0.647. The third kappa shape index (κ3) is 8.17. The number of alkyl halides is 3. The molecule has 138 valence electrons. The van der Waals surface area contributed by atoms with Crippen molar-refractivity contribution < 1.29 is 22.8 Å². The minimum Gasteiger partial charge on any atom is -0.494 e. The van der Waals surface area contributed by atoms with E-state index in [4.69, 9.17) is 4.74 Å². The summed E-state index contributed by atoms with van der Waals surface area (Å²) < 4.78 is 44.6. The second kappa shape index (κ2) is 10.9. The first kappa shape index (κ1) is 22.2. The molecule has 0 aromatic heterocycles. The van der Waals surface area contributed by atoms with Crippen LogP contribution in [0.25, 0.3) is 0 Å². The van der Waals surface area contributed by atoms with E-state index in [0.29, 0.717) is 18.9 Å². The molecule has 0 fully saturated rings.